The molecule has 6 heteroatoms. The van der Waals surface area contributed by atoms with Crippen molar-refractivity contribution in [1.82, 2.24) is 0 Å². The largest absolute Gasteiger partial charge is 0.486 e. The second-order valence-electron chi connectivity index (χ2n) is 3.06. The average molecular weight is 251 g/mol. The van der Waals surface area contributed by atoms with Gasteiger partial charge in [0.05, 0.1) is 10.6 Å². The lowest BCUT2D eigenvalue weighted by Gasteiger charge is -2.10. The molecule has 16 heavy (non-hydrogen) atoms. The van der Waals surface area contributed by atoms with Gasteiger partial charge < -0.3 is 9.84 Å². The fourth-order valence-corrected chi connectivity index (χ4v) is 1.38. The molecule has 0 saturated carbocycles. The molecule has 0 aliphatic carbocycles. The summed E-state index contributed by atoms with van der Waals surface area (Å²) in [6, 6.07) is 2.53. The van der Waals surface area contributed by atoms with Crippen molar-refractivity contribution >= 4 is 17.6 Å². The Morgan fingerprint density at radius 3 is 2.69 bits per heavy atom. The van der Waals surface area contributed by atoms with Crippen LogP contribution in [-0.4, -0.2) is 24.1 Å². The monoisotopic (exact) mass is 250 g/mol. The molecule has 0 atom stereocenters. The van der Waals surface area contributed by atoms with Crippen molar-refractivity contribution in [3.8, 4) is 5.75 Å². The molecule has 0 unspecified atom stereocenters. The highest BCUT2D eigenvalue weighted by atomic mass is 35.5. The number of ether oxygens (including phenoxy) is 1. The Balaban J connectivity index is 2.98. The van der Waals surface area contributed by atoms with E-state index in [1.54, 1.807) is 0 Å². The highest BCUT2D eigenvalue weighted by Crippen LogP contribution is 2.30. The summed E-state index contributed by atoms with van der Waals surface area (Å²) in [5, 5.41) is 8.82. The lowest BCUT2D eigenvalue weighted by atomic mass is 10.1. The molecule has 0 bridgehead atoms. The second kappa shape index (κ2) is 5.12. The van der Waals surface area contributed by atoms with E-state index < -0.39 is 19.0 Å². The minimum Gasteiger partial charge on any atom is -0.486 e. The Morgan fingerprint density at radius 2 is 2.19 bits per heavy atom. The Labute approximate surface area is 95.6 Å². The summed E-state index contributed by atoms with van der Waals surface area (Å²) in [6.45, 7) is 0.715. The van der Waals surface area contributed by atoms with Crippen molar-refractivity contribution in [2.75, 3.05) is 6.61 Å². The van der Waals surface area contributed by atoms with Crippen molar-refractivity contribution in [1.29, 1.82) is 0 Å². The predicted octanol–water partition coefficient (Wildman–Crippen LogP) is 2.99. The van der Waals surface area contributed by atoms with Crippen molar-refractivity contribution in [2.24, 2.45) is 0 Å². The number of rotatable bonds is 4. The molecule has 1 aromatic rings. The number of carboxylic acids is 1. The molecule has 0 amide bonds. The number of carboxylic acid groups (broad SMARTS) is 1. The smallest absolute Gasteiger partial charge is 0.336 e. The van der Waals surface area contributed by atoms with Crippen LogP contribution in [0.1, 0.15) is 15.9 Å². The molecule has 0 aliphatic rings. The SMILES string of the molecule is Cc1c(C(=O)O)ccc(OCC(F)F)c1Cl. The maximum Gasteiger partial charge on any atom is 0.336 e. The molecule has 88 valence electrons. The van der Waals surface area contributed by atoms with E-state index in [-0.39, 0.29) is 16.3 Å². The molecule has 0 radical (unpaired) electrons. The first-order valence-corrected chi connectivity index (χ1v) is 4.74. The molecule has 0 aliphatic heterocycles. The van der Waals surface area contributed by atoms with Crippen LogP contribution in [0.5, 0.6) is 5.75 Å². The van der Waals surface area contributed by atoms with Gasteiger partial charge >= 0.3 is 5.97 Å². The van der Waals surface area contributed by atoms with Crippen LogP contribution < -0.4 is 4.74 Å². The van der Waals surface area contributed by atoms with Crippen LogP contribution >= 0.6 is 11.6 Å². The number of halogens is 3. The minimum absolute atomic E-state index is 0.0226. The zero-order valence-electron chi connectivity index (χ0n) is 8.34. The minimum atomic E-state index is -2.60. The third kappa shape index (κ3) is 2.82. The Bertz CT molecular complexity index is 407. The van der Waals surface area contributed by atoms with Crippen molar-refractivity contribution in [3.63, 3.8) is 0 Å². The summed E-state index contributed by atoms with van der Waals surface area (Å²) in [6.07, 6.45) is -2.60. The third-order valence-electron chi connectivity index (χ3n) is 1.95. The number of benzene rings is 1. The molecule has 0 fully saturated rings. The zero-order valence-corrected chi connectivity index (χ0v) is 9.09. The van der Waals surface area contributed by atoms with E-state index in [1.165, 1.54) is 19.1 Å². The van der Waals surface area contributed by atoms with Gasteiger partial charge in [0, 0.05) is 0 Å². The fourth-order valence-electron chi connectivity index (χ4n) is 1.16. The van der Waals surface area contributed by atoms with Gasteiger partial charge in [0.1, 0.15) is 12.4 Å². The highest BCUT2D eigenvalue weighted by molar-refractivity contribution is 6.33. The molecule has 0 aromatic heterocycles. The summed E-state index contributed by atoms with van der Waals surface area (Å²) in [5.74, 6) is -1.07. The van der Waals surface area contributed by atoms with Crippen LogP contribution in [0.25, 0.3) is 0 Å². The molecular formula is C10H9ClF2O3. The first-order valence-electron chi connectivity index (χ1n) is 4.36. The van der Waals surface area contributed by atoms with Crippen LogP contribution in [0.15, 0.2) is 12.1 Å². The number of aromatic carboxylic acids is 1. The molecule has 3 nitrogen and oxygen atoms in total. The van der Waals surface area contributed by atoms with Gasteiger partial charge in [-0.3, -0.25) is 0 Å². The summed E-state index contributed by atoms with van der Waals surface area (Å²) < 4.78 is 28.5. The van der Waals surface area contributed by atoms with Gasteiger partial charge in [0.15, 0.2) is 0 Å². The zero-order chi connectivity index (χ0) is 12.3. The number of hydrogen-bond donors (Lipinski definition) is 1. The Morgan fingerprint density at radius 1 is 1.56 bits per heavy atom. The van der Waals surface area contributed by atoms with Gasteiger partial charge in [-0.15, -0.1) is 0 Å². The number of carbonyl (C=O) groups is 1. The molecule has 1 rings (SSSR count). The van der Waals surface area contributed by atoms with E-state index in [9.17, 15) is 13.6 Å². The Hall–Kier alpha value is -1.36. The molecule has 0 heterocycles. The molecule has 1 N–H and O–H groups in total. The summed E-state index contributed by atoms with van der Waals surface area (Å²) in [7, 11) is 0. The lowest BCUT2D eigenvalue weighted by molar-refractivity contribution is 0.0694. The molecule has 0 saturated heterocycles. The van der Waals surface area contributed by atoms with E-state index in [0.717, 1.165) is 0 Å². The number of hydrogen-bond acceptors (Lipinski definition) is 2. The van der Waals surface area contributed by atoms with Gasteiger partial charge in [0.25, 0.3) is 6.43 Å². The Kier molecular flexibility index (Phi) is 4.06. The van der Waals surface area contributed by atoms with Crippen LogP contribution in [-0.2, 0) is 0 Å². The maximum absolute atomic E-state index is 11.9. The van der Waals surface area contributed by atoms with Gasteiger partial charge in [-0.1, -0.05) is 11.6 Å². The van der Waals surface area contributed by atoms with Crippen molar-refractivity contribution in [2.45, 2.75) is 13.3 Å². The van der Waals surface area contributed by atoms with E-state index in [0.29, 0.717) is 5.56 Å². The summed E-state index contributed by atoms with van der Waals surface area (Å²) >= 11 is 5.79. The van der Waals surface area contributed by atoms with Crippen molar-refractivity contribution in [3.05, 3.63) is 28.3 Å². The van der Waals surface area contributed by atoms with Gasteiger partial charge in [-0.2, -0.15) is 0 Å². The van der Waals surface area contributed by atoms with Crippen LogP contribution in [0.2, 0.25) is 5.02 Å². The molecule has 1 aromatic carbocycles. The first kappa shape index (κ1) is 12.7. The second-order valence-corrected chi connectivity index (χ2v) is 3.44. The lowest BCUT2D eigenvalue weighted by Crippen LogP contribution is -2.08. The third-order valence-corrected chi connectivity index (χ3v) is 2.42. The fraction of sp³-hybridized carbons (Fsp3) is 0.300. The maximum atomic E-state index is 11.9. The quantitative estimate of drug-likeness (QED) is 0.894. The van der Waals surface area contributed by atoms with Crippen LogP contribution in [0.3, 0.4) is 0 Å². The molecule has 0 spiro atoms. The standard InChI is InChI=1S/C10H9ClF2O3/c1-5-6(10(14)15)2-3-7(9(5)11)16-4-8(12)13/h2-3,8H,4H2,1H3,(H,14,15). The topological polar surface area (TPSA) is 46.5 Å². The van der Waals surface area contributed by atoms with Crippen LogP contribution in [0, 0.1) is 6.92 Å². The van der Waals surface area contributed by atoms with E-state index in [4.69, 9.17) is 21.4 Å². The molecular weight excluding hydrogens is 242 g/mol. The van der Waals surface area contributed by atoms with E-state index in [2.05, 4.69) is 0 Å². The summed E-state index contributed by atoms with van der Waals surface area (Å²) in [4.78, 5) is 10.7. The number of alkyl halides is 2. The van der Waals surface area contributed by atoms with Crippen LogP contribution in [0.4, 0.5) is 8.78 Å². The van der Waals surface area contributed by atoms with Gasteiger partial charge in [-0.05, 0) is 24.6 Å². The van der Waals surface area contributed by atoms with E-state index >= 15 is 0 Å². The first-order chi connectivity index (χ1) is 7.43. The van der Waals surface area contributed by atoms with Gasteiger partial charge in [0.2, 0.25) is 0 Å². The van der Waals surface area contributed by atoms with Crippen molar-refractivity contribution < 1.29 is 23.4 Å². The van der Waals surface area contributed by atoms with Gasteiger partial charge in [-0.25, -0.2) is 13.6 Å². The predicted molar refractivity (Wildman–Crippen MR) is 54.6 cm³/mol. The average Bonchev–Trinajstić information content (AvgIpc) is 2.19. The highest BCUT2D eigenvalue weighted by Gasteiger charge is 2.14. The van der Waals surface area contributed by atoms with E-state index in [1.807, 2.05) is 0 Å². The normalized spacial score (nSPS) is 10.6. The summed E-state index contributed by atoms with van der Waals surface area (Å²) in [5.41, 5.74) is 0.315.